The summed E-state index contributed by atoms with van der Waals surface area (Å²) in [6.07, 6.45) is -2.30. The molecule has 1 atom stereocenters. The summed E-state index contributed by atoms with van der Waals surface area (Å²) in [5.74, 6) is -2.32. The van der Waals surface area contributed by atoms with Crippen LogP contribution in [0.1, 0.15) is 44.7 Å². The molecule has 2 aliphatic rings. The molecule has 2 aromatic rings. The fourth-order valence-corrected chi connectivity index (χ4v) is 6.25. The van der Waals surface area contributed by atoms with Crippen LogP contribution in [0, 0.1) is 11.7 Å². The number of hydrogen-bond acceptors (Lipinski definition) is 4. The molecule has 1 aliphatic heterocycles. The quantitative estimate of drug-likeness (QED) is 0.289. The standard InChI is InChI=1S/C27H32ClF4N3O3Si/c1-26(2,3)39(4,5)38-20-10-17(11-20)23-25(37)35(24-21(29)12-19(28)13-33-24)15-22(36)34(23)14-16-6-8-18(9-7-16)27(30,31)32/h6-9,12-13,17,20,23H,10-11,14-15H2,1-5H3/t17-,20+,23?. The van der Waals surface area contributed by atoms with Crippen LogP contribution >= 0.6 is 11.6 Å². The van der Waals surface area contributed by atoms with E-state index >= 15 is 0 Å². The van der Waals surface area contributed by atoms with Crippen molar-refractivity contribution in [3.05, 3.63) is 58.5 Å². The van der Waals surface area contributed by atoms with Crippen LogP contribution in [0.2, 0.25) is 23.2 Å². The van der Waals surface area contributed by atoms with Crippen LogP contribution in [0.25, 0.3) is 0 Å². The number of carbonyl (C=O) groups excluding carboxylic acids is 2. The third kappa shape index (κ3) is 6.15. The molecule has 2 heterocycles. The molecule has 1 aliphatic carbocycles. The normalized spacial score (nSPS) is 22.8. The summed E-state index contributed by atoms with van der Waals surface area (Å²) in [5.41, 5.74) is -0.351. The molecule has 6 nitrogen and oxygen atoms in total. The molecule has 12 heteroatoms. The van der Waals surface area contributed by atoms with E-state index in [1.807, 2.05) is 0 Å². The number of aromatic nitrogens is 1. The summed E-state index contributed by atoms with van der Waals surface area (Å²) in [6.45, 7) is 10.2. The first-order valence-electron chi connectivity index (χ1n) is 12.7. The molecule has 1 aromatic heterocycles. The molecule has 1 aromatic carbocycles. The van der Waals surface area contributed by atoms with E-state index in [-0.39, 0.29) is 34.4 Å². The van der Waals surface area contributed by atoms with Crippen LogP contribution in [0.5, 0.6) is 0 Å². The Balaban J connectivity index is 1.60. The number of benzene rings is 1. The van der Waals surface area contributed by atoms with E-state index in [0.29, 0.717) is 18.4 Å². The minimum atomic E-state index is -4.49. The second kappa shape index (κ2) is 10.5. The predicted molar refractivity (Wildman–Crippen MR) is 142 cm³/mol. The maximum absolute atomic E-state index is 14.7. The summed E-state index contributed by atoms with van der Waals surface area (Å²) in [4.78, 5) is 33.6. The van der Waals surface area contributed by atoms with E-state index in [1.165, 1.54) is 23.2 Å². The number of piperazine rings is 1. The summed E-state index contributed by atoms with van der Waals surface area (Å²) < 4.78 is 60.3. The van der Waals surface area contributed by atoms with Crippen LogP contribution in [0.15, 0.2) is 36.5 Å². The van der Waals surface area contributed by atoms with Crippen molar-refractivity contribution in [3.63, 3.8) is 0 Å². The summed E-state index contributed by atoms with van der Waals surface area (Å²) in [5, 5.41) is 0.0508. The van der Waals surface area contributed by atoms with E-state index in [2.05, 4.69) is 38.8 Å². The number of rotatable bonds is 6. The third-order valence-electron chi connectivity index (χ3n) is 7.99. The Bertz CT molecular complexity index is 1240. The average Bonchev–Trinajstić information content (AvgIpc) is 2.78. The fraction of sp³-hybridized carbons (Fsp3) is 0.519. The van der Waals surface area contributed by atoms with Gasteiger partial charge in [-0.15, -0.1) is 0 Å². The van der Waals surface area contributed by atoms with Gasteiger partial charge < -0.3 is 9.33 Å². The van der Waals surface area contributed by atoms with Gasteiger partial charge in [-0.1, -0.05) is 44.5 Å². The molecule has 4 rings (SSSR count). The Morgan fingerprint density at radius 2 is 1.72 bits per heavy atom. The van der Waals surface area contributed by atoms with Crippen molar-refractivity contribution < 1.29 is 31.6 Å². The summed E-state index contributed by atoms with van der Waals surface area (Å²) >= 11 is 5.82. The van der Waals surface area contributed by atoms with Crippen LogP contribution in [0.3, 0.4) is 0 Å². The fourth-order valence-electron chi connectivity index (χ4n) is 4.73. The lowest BCUT2D eigenvalue weighted by Crippen LogP contribution is -2.65. The second-order valence-electron chi connectivity index (χ2n) is 11.8. The zero-order valence-electron chi connectivity index (χ0n) is 22.5. The molecule has 0 N–H and O–H groups in total. The lowest BCUT2D eigenvalue weighted by atomic mass is 9.75. The number of halogens is 5. The van der Waals surface area contributed by atoms with Gasteiger partial charge in [-0.2, -0.15) is 13.2 Å². The molecule has 2 fully saturated rings. The Kier molecular flexibility index (Phi) is 7.92. The van der Waals surface area contributed by atoms with Crippen LogP contribution in [-0.4, -0.2) is 48.7 Å². The van der Waals surface area contributed by atoms with Gasteiger partial charge in [-0.05, 0) is 60.7 Å². The highest BCUT2D eigenvalue weighted by atomic mass is 35.5. The molecule has 2 amide bonds. The van der Waals surface area contributed by atoms with Crippen molar-refractivity contribution in [1.82, 2.24) is 9.88 Å². The summed E-state index contributed by atoms with van der Waals surface area (Å²) in [7, 11) is -2.07. The predicted octanol–water partition coefficient (Wildman–Crippen LogP) is 6.44. The summed E-state index contributed by atoms with van der Waals surface area (Å²) in [6, 6.07) is 4.59. The van der Waals surface area contributed by atoms with Gasteiger partial charge >= 0.3 is 6.18 Å². The Hall–Kier alpha value is -2.50. The van der Waals surface area contributed by atoms with Crippen molar-refractivity contribution in [2.45, 2.75) is 76.6 Å². The SMILES string of the molecule is CC(C)(C)[Si](C)(C)O[C@H]1C[C@@H](C2C(=O)N(c3ncc(Cl)cc3F)CC(=O)N2Cc2ccc(C(F)(F)F)cc2)C1. The molecular weight excluding hydrogens is 554 g/mol. The van der Waals surface area contributed by atoms with Gasteiger partial charge in [0.05, 0.1) is 10.6 Å². The molecular formula is C27H32ClF4N3O3Si. The minimum Gasteiger partial charge on any atom is -0.414 e. The third-order valence-corrected chi connectivity index (χ3v) is 12.7. The van der Waals surface area contributed by atoms with Gasteiger partial charge in [0.2, 0.25) is 5.91 Å². The van der Waals surface area contributed by atoms with Gasteiger partial charge in [-0.3, -0.25) is 14.5 Å². The Morgan fingerprint density at radius 3 is 2.26 bits per heavy atom. The zero-order valence-corrected chi connectivity index (χ0v) is 24.2. The van der Waals surface area contributed by atoms with Crippen LogP contribution in [-0.2, 0) is 26.7 Å². The van der Waals surface area contributed by atoms with Crippen molar-refractivity contribution in [1.29, 1.82) is 0 Å². The highest BCUT2D eigenvalue weighted by Crippen LogP contribution is 2.44. The molecule has 0 bridgehead atoms. The molecule has 1 saturated carbocycles. The molecule has 1 saturated heterocycles. The van der Waals surface area contributed by atoms with Gasteiger partial charge in [0.25, 0.3) is 5.91 Å². The zero-order chi connectivity index (χ0) is 28.9. The van der Waals surface area contributed by atoms with E-state index in [1.54, 1.807) is 0 Å². The number of carbonyl (C=O) groups is 2. The first-order chi connectivity index (χ1) is 18.0. The molecule has 0 spiro atoms. The molecule has 0 radical (unpaired) electrons. The van der Waals surface area contributed by atoms with Gasteiger partial charge in [0.15, 0.2) is 20.0 Å². The number of alkyl halides is 3. The van der Waals surface area contributed by atoms with Crippen molar-refractivity contribution in [2.24, 2.45) is 5.92 Å². The molecule has 1 unspecified atom stereocenters. The maximum Gasteiger partial charge on any atom is 0.416 e. The minimum absolute atomic E-state index is 0.00208. The smallest absolute Gasteiger partial charge is 0.414 e. The first kappa shape index (κ1) is 29.5. The van der Waals surface area contributed by atoms with E-state index < -0.39 is 50.3 Å². The molecule has 39 heavy (non-hydrogen) atoms. The molecule has 212 valence electrons. The lowest BCUT2D eigenvalue weighted by molar-refractivity contribution is -0.149. The van der Waals surface area contributed by atoms with Gasteiger partial charge in [-0.25, -0.2) is 9.37 Å². The average molecular weight is 586 g/mol. The van der Waals surface area contributed by atoms with Gasteiger partial charge in [0.1, 0.15) is 12.6 Å². The van der Waals surface area contributed by atoms with Crippen LogP contribution < -0.4 is 4.90 Å². The van der Waals surface area contributed by atoms with E-state index in [9.17, 15) is 27.2 Å². The Labute approximate surface area is 231 Å². The number of nitrogens with zero attached hydrogens (tertiary/aromatic N) is 3. The van der Waals surface area contributed by atoms with Crippen molar-refractivity contribution in [2.75, 3.05) is 11.4 Å². The van der Waals surface area contributed by atoms with E-state index in [0.717, 1.165) is 23.1 Å². The second-order valence-corrected chi connectivity index (χ2v) is 17.0. The first-order valence-corrected chi connectivity index (χ1v) is 16.0. The van der Waals surface area contributed by atoms with E-state index in [4.69, 9.17) is 16.0 Å². The lowest BCUT2D eigenvalue weighted by Gasteiger charge is -2.50. The van der Waals surface area contributed by atoms with Crippen LogP contribution in [0.4, 0.5) is 23.4 Å². The Morgan fingerprint density at radius 1 is 1.10 bits per heavy atom. The van der Waals surface area contributed by atoms with Crippen molar-refractivity contribution in [3.8, 4) is 0 Å². The number of pyridine rings is 1. The highest BCUT2D eigenvalue weighted by molar-refractivity contribution is 6.74. The monoisotopic (exact) mass is 585 g/mol. The number of hydrogen-bond donors (Lipinski definition) is 0. The van der Waals surface area contributed by atoms with Gasteiger partial charge in [0, 0.05) is 18.8 Å². The topological polar surface area (TPSA) is 62.7 Å². The number of amides is 2. The maximum atomic E-state index is 14.7. The largest absolute Gasteiger partial charge is 0.416 e. The number of anilines is 1. The highest BCUT2D eigenvalue weighted by Gasteiger charge is 2.51. The van der Waals surface area contributed by atoms with Crippen molar-refractivity contribution >= 4 is 37.6 Å².